The van der Waals surface area contributed by atoms with Gasteiger partial charge >= 0.3 is 0 Å². The first-order valence-electron chi connectivity index (χ1n) is 7.75. The van der Waals surface area contributed by atoms with Gasteiger partial charge in [-0.1, -0.05) is 30.3 Å². The number of ether oxygens (including phenoxy) is 1. The summed E-state index contributed by atoms with van der Waals surface area (Å²) in [5, 5.41) is 1.76. The molecule has 2 aliphatic heterocycles. The number of benzene rings is 1. The first-order chi connectivity index (χ1) is 11.2. The molecule has 124 valence electrons. The van der Waals surface area contributed by atoms with E-state index in [-0.39, 0.29) is 17.2 Å². The molecule has 2 atom stereocenters. The van der Waals surface area contributed by atoms with Crippen molar-refractivity contribution < 1.29 is 14.3 Å². The molecule has 6 nitrogen and oxygen atoms in total. The van der Waals surface area contributed by atoms with Gasteiger partial charge in [-0.05, 0) is 5.56 Å². The van der Waals surface area contributed by atoms with Crippen LogP contribution in [0, 0.1) is 0 Å². The van der Waals surface area contributed by atoms with E-state index in [1.54, 1.807) is 16.7 Å². The minimum atomic E-state index is -0.439. The lowest BCUT2D eigenvalue weighted by Gasteiger charge is -2.31. The summed E-state index contributed by atoms with van der Waals surface area (Å²) in [5.41, 5.74) is 3.98. The number of nitrogens with one attached hydrogen (secondary N) is 1. The van der Waals surface area contributed by atoms with E-state index in [2.05, 4.69) is 5.43 Å². The molecule has 0 saturated carbocycles. The van der Waals surface area contributed by atoms with Gasteiger partial charge in [-0.15, -0.1) is 11.8 Å². The number of hydrogen-bond donors (Lipinski definition) is 1. The molecule has 3 rings (SSSR count). The highest BCUT2D eigenvalue weighted by atomic mass is 32.2. The maximum Gasteiger partial charge on any atom is 0.257 e. The van der Waals surface area contributed by atoms with E-state index in [4.69, 9.17) is 4.74 Å². The molecule has 7 heteroatoms. The van der Waals surface area contributed by atoms with Crippen molar-refractivity contribution in [3.63, 3.8) is 0 Å². The van der Waals surface area contributed by atoms with Crippen molar-refractivity contribution >= 4 is 23.6 Å². The first-order valence-corrected chi connectivity index (χ1v) is 8.80. The quantitative estimate of drug-likeness (QED) is 0.893. The fourth-order valence-electron chi connectivity index (χ4n) is 2.87. The Morgan fingerprint density at radius 3 is 2.57 bits per heavy atom. The van der Waals surface area contributed by atoms with Gasteiger partial charge in [0.15, 0.2) is 0 Å². The van der Waals surface area contributed by atoms with Crippen LogP contribution < -0.4 is 5.43 Å². The molecule has 0 unspecified atom stereocenters. The molecule has 0 spiro atoms. The predicted octanol–water partition coefficient (Wildman–Crippen LogP) is 1.01. The van der Waals surface area contributed by atoms with Crippen molar-refractivity contribution in [1.82, 2.24) is 15.3 Å². The molecule has 2 aliphatic rings. The number of carbonyl (C=O) groups excluding carboxylic acids is 2. The van der Waals surface area contributed by atoms with Gasteiger partial charge in [0.25, 0.3) is 5.91 Å². The van der Waals surface area contributed by atoms with Gasteiger partial charge in [-0.3, -0.25) is 15.0 Å². The summed E-state index contributed by atoms with van der Waals surface area (Å²) < 4.78 is 5.28. The van der Waals surface area contributed by atoms with Crippen LogP contribution >= 0.6 is 11.8 Å². The smallest absolute Gasteiger partial charge is 0.257 e. The Bertz CT molecular complexity index is 563. The van der Waals surface area contributed by atoms with Gasteiger partial charge < -0.3 is 9.64 Å². The number of morpholine rings is 1. The second-order valence-electron chi connectivity index (χ2n) is 5.61. The fraction of sp³-hybridized carbons (Fsp3) is 0.500. The van der Waals surface area contributed by atoms with Crippen LogP contribution in [0.15, 0.2) is 30.3 Å². The SMILES string of the molecule is CC(=O)N1[C@@H](C(=O)NN2CCOCC2)CS[C@@H]1c1ccccc1. The molecule has 2 fully saturated rings. The lowest BCUT2D eigenvalue weighted by atomic mass is 10.1. The van der Waals surface area contributed by atoms with Crippen molar-refractivity contribution in [1.29, 1.82) is 0 Å². The highest BCUT2D eigenvalue weighted by Crippen LogP contribution is 2.41. The molecule has 2 heterocycles. The van der Waals surface area contributed by atoms with Gasteiger partial charge in [0.05, 0.1) is 13.2 Å². The maximum atomic E-state index is 12.6. The lowest BCUT2D eigenvalue weighted by molar-refractivity contribution is -0.141. The van der Waals surface area contributed by atoms with Gasteiger partial charge in [-0.2, -0.15) is 0 Å². The van der Waals surface area contributed by atoms with Crippen LogP contribution in [0.5, 0.6) is 0 Å². The molecule has 1 aromatic rings. The number of nitrogens with zero attached hydrogens (tertiary/aromatic N) is 2. The van der Waals surface area contributed by atoms with Gasteiger partial charge in [0.1, 0.15) is 11.4 Å². The summed E-state index contributed by atoms with van der Waals surface area (Å²) in [6.45, 7) is 4.10. The second kappa shape index (κ2) is 7.33. The summed E-state index contributed by atoms with van der Waals surface area (Å²) in [7, 11) is 0. The molecule has 1 N–H and O–H groups in total. The average Bonchev–Trinajstić information content (AvgIpc) is 3.02. The molecule has 1 aromatic carbocycles. The highest BCUT2D eigenvalue weighted by Gasteiger charge is 2.41. The van der Waals surface area contributed by atoms with Gasteiger partial charge in [0.2, 0.25) is 5.91 Å². The molecule has 0 radical (unpaired) electrons. The van der Waals surface area contributed by atoms with Crippen LogP contribution in [-0.2, 0) is 14.3 Å². The third-order valence-corrected chi connectivity index (χ3v) is 5.35. The zero-order valence-corrected chi connectivity index (χ0v) is 13.9. The maximum absolute atomic E-state index is 12.6. The first kappa shape index (κ1) is 16.3. The summed E-state index contributed by atoms with van der Waals surface area (Å²) in [5.74, 6) is 0.411. The number of rotatable bonds is 3. The largest absolute Gasteiger partial charge is 0.379 e. The van der Waals surface area contributed by atoms with Gasteiger partial charge in [-0.25, -0.2) is 5.01 Å². The Morgan fingerprint density at radius 1 is 1.22 bits per heavy atom. The van der Waals surface area contributed by atoms with Crippen LogP contribution in [0.1, 0.15) is 17.9 Å². The highest BCUT2D eigenvalue weighted by molar-refractivity contribution is 7.99. The number of amides is 2. The van der Waals surface area contributed by atoms with Crippen molar-refractivity contribution in [3.8, 4) is 0 Å². The van der Waals surface area contributed by atoms with Crippen LogP contribution in [0.2, 0.25) is 0 Å². The minimum Gasteiger partial charge on any atom is -0.379 e. The fourth-order valence-corrected chi connectivity index (χ4v) is 4.36. The van der Waals surface area contributed by atoms with E-state index in [9.17, 15) is 9.59 Å². The molecular formula is C16H21N3O3S. The molecule has 2 saturated heterocycles. The summed E-state index contributed by atoms with van der Waals surface area (Å²) in [6, 6.07) is 9.41. The topological polar surface area (TPSA) is 61.9 Å². The normalized spacial score (nSPS) is 25.3. The Hall–Kier alpha value is -1.57. The summed E-state index contributed by atoms with van der Waals surface area (Å²) in [6.07, 6.45) is 0. The Kier molecular flexibility index (Phi) is 5.20. The van der Waals surface area contributed by atoms with E-state index in [0.717, 1.165) is 5.56 Å². The van der Waals surface area contributed by atoms with Crippen LogP contribution in [0.4, 0.5) is 0 Å². The monoisotopic (exact) mass is 335 g/mol. The number of carbonyl (C=O) groups is 2. The van der Waals surface area contributed by atoms with Crippen molar-refractivity contribution in [3.05, 3.63) is 35.9 Å². The van der Waals surface area contributed by atoms with E-state index in [1.165, 1.54) is 6.92 Å². The molecule has 0 aliphatic carbocycles. The number of hydrazine groups is 1. The van der Waals surface area contributed by atoms with Gasteiger partial charge in [0, 0.05) is 25.8 Å². The Balaban J connectivity index is 1.71. The minimum absolute atomic E-state index is 0.0778. The third-order valence-electron chi connectivity index (χ3n) is 4.03. The third kappa shape index (κ3) is 3.68. The van der Waals surface area contributed by atoms with E-state index >= 15 is 0 Å². The lowest BCUT2D eigenvalue weighted by Crippen LogP contribution is -2.55. The molecule has 0 bridgehead atoms. The zero-order chi connectivity index (χ0) is 16.2. The average molecular weight is 335 g/mol. The van der Waals surface area contributed by atoms with E-state index in [1.807, 2.05) is 35.3 Å². The standard InChI is InChI=1S/C16H21N3O3S/c1-12(20)19-14(15(21)17-18-7-9-22-10-8-18)11-23-16(19)13-5-3-2-4-6-13/h2-6,14,16H,7-11H2,1H3,(H,17,21)/t14-,16-/m1/s1. The predicted molar refractivity (Wildman–Crippen MR) is 88.5 cm³/mol. The molecular weight excluding hydrogens is 314 g/mol. The van der Waals surface area contributed by atoms with Crippen molar-refractivity contribution in [2.24, 2.45) is 0 Å². The van der Waals surface area contributed by atoms with Crippen LogP contribution in [0.3, 0.4) is 0 Å². The van der Waals surface area contributed by atoms with Crippen LogP contribution in [-0.4, -0.2) is 59.8 Å². The zero-order valence-electron chi connectivity index (χ0n) is 13.1. The van der Waals surface area contributed by atoms with Crippen LogP contribution in [0.25, 0.3) is 0 Å². The molecule has 0 aromatic heterocycles. The van der Waals surface area contributed by atoms with Crippen molar-refractivity contribution in [2.45, 2.75) is 18.3 Å². The number of hydrogen-bond acceptors (Lipinski definition) is 5. The second-order valence-corrected chi connectivity index (χ2v) is 6.73. The van der Waals surface area contributed by atoms with E-state index in [0.29, 0.717) is 32.1 Å². The van der Waals surface area contributed by atoms with Crippen molar-refractivity contribution in [2.75, 3.05) is 32.1 Å². The molecule has 2 amide bonds. The Morgan fingerprint density at radius 2 is 1.91 bits per heavy atom. The molecule has 23 heavy (non-hydrogen) atoms. The summed E-state index contributed by atoms with van der Waals surface area (Å²) >= 11 is 1.63. The Labute approximate surface area is 140 Å². The summed E-state index contributed by atoms with van der Waals surface area (Å²) in [4.78, 5) is 26.4. The van der Waals surface area contributed by atoms with E-state index < -0.39 is 6.04 Å². The number of thioether (sulfide) groups is 1.